The molecule has 1 aromatic carbocycles. The lowest BCUT2D eigenvalue weighted by Crippen LogP contribution is -2.42. The standard InChI is InChI=1S/C21H30N2O5S/c1-28-19-9-5-4-8-18(19)22-21(25)16-10-13-23(14-11-16)20(24)12-15-29(26,27)17-6-2-3-7-17/h4-5,8-9,16-17H,2-3,6-7,10-15H2,1H3,(H,22,25). The van der Waals surface area contributed by atoms with Crippen LogP contribution in [0.25, 0.3) is 0 Å². The van der Waals surface area contributed by atoms with Gasteiger partial charge in [-0.3, -0.25) is 9.59 Å². The van der Waals surface area contributed by atoms with Crippen molar-refractivity contribution in [3.8, 4) is 5.75 Å². The molecule has 29 heavy (non-hydrogen) atoms. The van der Waals surface area contributed by atoms with Crippen molar-refractivity contribution in [1.29, 1.82) is 0 Å². The van der Waals surface area contributed by atoms with Gasteiger partial charge in [-0.1, -0.05) is 25.0 Å². The van der Waals surface area contributed by atoms with Crippen LogP contribution in [-0.2, 0) is 19.4 Å². The Bertz CT molecular complexity index is 825. The van der Waals surface area contributed by atoms with Gasteiger partial charge < -0.3 is 15.0 Å². The number of carbonyl (C=O) groups is 2. The van der Waals surface area contributed by atoms with Gasteiger partial charge in [0.2, 0.25) is 11.8 Å². The van der Waals surface area contributed by atoms with Gasteiger partial charge in [-0.15, -0.1) is 0 Å². The summed E-state index contributed by atoms with van der Waals surface area (Å²) in [7, 11) is -1.63. The minimum absolute atomic E-state index is 0.0386. The van der Waals surface area contributed by atoms with Crippen molar-refractivity contribution in [2.45, 2.75) is 50.2 Å². The molecule has 1 aromatic rings. The molecule has 2 aliphatic rings. The molecule has 0 radical (unpaired) electrons. The first-order valence-electron chi connectivity index (χ1n) is 10.3. The quantitative estimate of drug-likeness (QED) is 0.729. The fraction of sp³-hybridized carbons (Fsp3) is 0.619. The second-order valence-corrected chi connectivity index (χ2v) is 10.3. The molecule has 8 heteroatoms. The summed E-state index contributed by atoms with van der Waals surface area (Å²) in [6, 6.07) is 7.25. The summed E-state index contributed by atoms with van der Waals surface area (Å²) in [5.41, 5.74) is 0.635. The lowest BCUT2D eigenvalue weighted by atomic mass is 9.95. The number of piperidine rings is 1. The average molecular weight is 423 g/mol. The maximum absolute atomic E-state index is 12.6. The number of para-hydroxylation sites is 2. The molecule has 2 amide bonds. The molecule has 7 nitrogen and oxygen atoms in total. The summed E-state index contributed by atoms with van der Waals surface area (Å²) < 4.78 is 30.0. The molecule has 1 saturated heterocycles. The van der Waals surface area contributed by atoms with Crippen LogP contribution in [0.4, 0.5) is 5.69 Å². The van der Waals surface area contributed by atoms with E-state index in [-0.39, 0.29) is 35.2 Å². The van der Waals surface area contributed by atoms with Crippen molar-refractivity contribution in [3.63, 3.8) is 0 Å². The van der Waals surface area contributed by atoms with E-state index in [0.717, 1.165) is 25.7 Å². The van der Waals surface area contributed by atoms with Gasteiger partial charge in [0.05, 0.1) is 23.8 Å². The predicted octanol–water partition coefficient (Wildman–Crippen LogP) is 2.62. The van der Waals surface area contributed by atoms with Crippen molar-refractivity contribution >= 4 is 27.3 Å². The van der Waals surface area contributed by atoms with E-state index in [1.165, 1.54) is 0 Å². The number of rotatable bonds is 7. The zero-order valence-corrected chi connectivity index (χ0v) is 17.7. The summed E-state index contributed by atoms with van der Waals surface area (Å²) in [5, 5.41) is 2.64. The van der Waals surface area contributed by atoms with Crippen LogP contribution in [0.1, 0.15) is 44.9 Å². The summed E-state index contributed by atoms with van der Waals surface area (Å²) in [6.07, 6.45) is 4.55. The molecule has 0 unspecified atom stereocenters. The van der Waals surface area contributed by atoms with Gasteiger partial charge in [0.25, 0.3) is 0 Å². The number of methoxy groups -OCH3 is 1. The number of anilines is 1. The number of hydrogen-bond donors (Lipinski definition) is 1. The summed E-state index contributed by atoms with van der Waals surface area (Å²) in [4.78, 5) is 26.7. The van der Waals surface area contributed by atoms with Crippen LogP contribution in [0, 0.1) is 5.92 Å². The fourth-order valence-corrected chi connectivity index (χ4v) is 6.02. The van der Waals surface area contributed by atoms with Crippen molar-refractivity contribution in [1.82, 2.24) is 4.90 Å². The summed E-state index contributed by atoms with van der Waals surface area (Å²) in [6.45, 7) is 0.957. The van der Waals surface area contributed by atoms with Crippen LogP contribution >= 0.6 is 0 Å². The monoisotopic (exact) mass is 422 g/mol. The van der Waals surface area contributed by atoms with E-state index < -0.39 is 9.84 Å². The highest BCUT2D eigenvalue weighted by Gasteiger charge is 2.31. The lowest BCUT2D eigenvalue weighted by molar-refractivity contribution is -0.134. The van der Waals surface area contributed by atoms with E-state index in [9.17, 15) is 18.0 Å². The predicted molar refractivity (Wildman–Crippen MR) is 112 cm³/mol. The first kappa shape index (κ1) is 21.6. The van der Waals surface area contributed by atoms with E-state index in [2.05, 4.69) is 5.32 Å². The Kier molecular flexibility index (Phi) is 7.16. The van der Waals surface area contributed by atoms with Crippen molar-refractivity contribution < 1.29 is 22.7 Å². The van der Waals surface area contributed by atoms with Gasteiger partial charge in [-0.25, -0.2) is 8.42 Å². The molecule has 1 aliphatic carbocycles. The Morgan fingerprint density at radius 3 is 2.41 bits per heavy atom. The zero-order valence-electron chi connectivity index (χ0n) is 16.9. The largest absolute Gasteiger partial charge is 0.495 e. The molecular formula is C21H30N2O5S. The third kappa shape index (κ3) is 5.50. The molecule has 1 aliphatic heterocycles. The van der Waals surface area contributed by atoms with E-state index in [0.29, 0.717) is 37.4 Å². The van der Waals surface area contributed by atoms with E-state index in [4.69, 9.17) is 4.74 Å². The molecule has 3 rings (SSSR count). The number of hydrogen-bond acceptors (Lipinski definition) is 5. The SMILES string of the molecule is COc1ccccc1NC(=O)C1CCN(C(=O)CCS(=O)(=O)C2CCCC2)CC1. The second kappa shape index (κ2) is 9.61. The Hall–Kier alpha value is -2.09. The highest BCUT2D eigenvalue weighted by Crippen LogP contribution is 2.27. The first-order chi connectivity index (χ1) is 13.9. The fourth-order valence-electron chi connectivity index (χ4n) is 4.18. The third-order valence-corrected chi connectivity index (χ3v) is 8.25. The van der Waals surface area contributed by atoms with Crippen molar-refractivity contribution in [2.24, 2.45) is 5.92 Å². The molecule has 1 saturated carbocycles. The Morgan fingerprint density at radius 1 is 1.10 bits per heavy atom. The molecular weight excluding hydrogens is 392 g/mol. The van der Waals surface area contributed by atoms with Crippen LogP contribution in [0.5, 0.6) is 5.75 Å². The van der Waals surface area contributed by atoms with Crippen LogP contribution in [0.15, 0.2) is 24.3 Å². The van der Waals surface area contributed by atoms with Gasteiger partial charge in [0.15, 0.2) is 9.84 Å². The molecule has 0 atom stereocenters. The van der Waals surface area contributed by atoms with Crippen molar-refractivity contribution in [2.75, 3.05) is 31.3 Å². The number of ether oxygens (including phenoxy) is 1. The third-order valence-electron chi connectivity index (χ3n) is 5.99. The first-order valence-corrected chi connectivity index (χ1v) is 12.1. The highest BCUT2D eigenvalue weighted by atomic mass is 32.2. The van der Waals surface area contributed by atoms with Crippen LogP contribution in [0.2, 0.25) is 0 Å². The lowest BCUT2D eigenvalue weighted by Gasteiger charge is -2.31. The van der Waals surface area contributed by atoms with Crippen LogP contribution in [0.3, 0.4) is 0 Å². The Balaban J connectivity index is 1.45. The number of nitrogens with zero attached hydrogens (tertiary/aromatic N) is 1. The molecule has 0 spiro atoms. The number of nitrogens with one attached hydrogen (secondary N) is 1. The normalized spacial score (nSPS) is 18.6. The van der Waals surface area contributed by atoms with E-state index in [1.807, 2.05) is 12.1 Å². The molecule has 1 N–H and O–H groups in total. The van der Waals surface area contributed by atoms with Crippen LogP contribution in [-0.4, -0.2) is 56.3 Å². The smallest absolute Gasteiger partial charge is 0.227 e. The number of benzene rings is 1. The molecule has 1 heterocycles. The maximum atomic E-state index is 12.6. The second-order valence-electron chi connectivity index (χ2n) is 7.87. The Labute approximate surface area is 172 Å². The van der Waals surface area contributed by atoms with E-state index in [1.54, 1.807) is 24.1 Å². The molecule has 0 bridgehead atoms. The van der Waals surface area contributed by atoms with Gasteiger partial charge in [0.1, 0.15) is 5.75 Å². The number of amides is 2. The van der Waals surface area contributed by atoms with Gasteiger partial charge in [0, 0.05) is 25.4 Å². The van der Waals surface area contributed by atoms with E-state index >= 15 is 0 Å². The number of sulfone groups is 1. The molecule has 160 valence electrons. The summed E-state index contributed by atoms with van der Waals surface area (Å²) >= 11 is 0. The summed E-state index contributed by atoms with van der Waals surface area (Å²) in [5.74, 6) is 0.161. The van der Waals surface area contributed by atoms with Crippen LogP contribution < -0.4 is 10.1 Å². The molecule has 0 aromatic heterocycles. The number of likely N-dealkylation sites (tertiary alicyclic amines) is 1. The Morgan fingerprint density at radius 2 is 1.76 bits per heavy atom. The minimum Gasteiger partial charge on any atom is -0.495 e. The topological polar surface area (TPSA) is 92.8 Å². The minimum atomic E-state index is -3.18. The van der Waals surface area contributed by atoms with Crippen molar-refractivity contribution in [3.05, 3.63) is 24.3 Å². The highest BCUT2D eigenvalue weighted by molar-refractivity contribution is 7.92. The maximum Gasteiger partial charge on any atom is 0.227 e. The average Bonchev–Trinajstić information content (AvgIpc) is 3.28. The number of carbonyl (C=O) groups excluding carboxylic acids is 2. The van der Waals surface area contributed by atoms with Gasteiger partial charge >= 0.3 is 0 Å². The van der Waals surface area contributed by atoms with Gasteiger partial charge in [-0.2, -0.15) is 0 Å². The van der Waals surface area contributed by atoms with Gasteiger partial charge in [-0.05, 0) is 37.8 Å². The zero-order chi connectivity index (χ0) is 20.9. The molecule has 2 fully saturated rings.